The highest BCUT2D eigenvalue weighted by Crippen LogP contribution is 2.17. The van der Waals surface area contributed by atoms with Crippen molar-refractivity contribution in [3.05, 3.63) is 29.6 Å². The molecule has 0 amide bonds. The number of rotatable bonds is 1. The number of hydrogen-bond donors (Lipinski definition) is 1. The van der Waals surface area contributed by atoms with Gasteiger partial charge in [0.1, 0.15) is 11.6 Å². The summed E-state index contributed by atoms with van der Waals surface area (Å²) in [5.41, 5.74) is 0.451. The largest absolute Gasteiger partial charge is 0.508 e. The summed E-state index contributed by atoms with van der Waals surface area (Å²) in [7, 11) is 0. The molecule has 0 spiro atoms. The fourth-order valence-corrected chi connectivity index (χ4v) is 0.806. The third-order valence-corrected chi connectivity index (χ3v) is 1.33. The van der Waals surface area contributed by atoms with E-state index in [1.807, 2.05) is 0 Å². The predicted molar refractivity (Wildman–Crippen MR) is 40.6 cm³/mol. The Balaban J connectivity index is 3.05. The van der Waals surface area contributed by atoms with Crippen LogP contribution in [0.15, 0.2) is 18.2 Å². The fraction of sp³-hybridized carbons (Fsp3) is 0.111. The molecule has 0 fully saturated rings. The number of phenols is 1. The van der Waals surface area contributed by atoms with E-state index >= 15 is 0 Å². The molecule has 0 saturated carbocycles. The van der Waals surface area contributed by atoms with Gasteiger partial charge in [-0.05, 0) is 18.2 Å². The molecule has 0 aliphatic rings. The Bertz CT molecular complexity index is 299. The van der Waals surface area contributed by atoms with Crippen LogP contribution in [0.2, 0.25) is 0 Å². The maximum atomic E-state index is 12.5. The molecule has 1 aromatic carbocycles. The van der Waals surface area contributed by atoms with Crippen LogP contribution >= 0.6 is 0 Å². The van der Waals surface area contributed by atoms with Crippen LogP contribution in [0, 0.1) is 18.2 Å². The standard InChI is InChI=1S/C9H7FO/c1-2-3-7-6-8(10)4-5-9(7)11/h1,4-6,11H,3H2. The molecule has 0 aliphatic carbocycles. The minimum Gasteiger partial charge on any atom is -0.508 e. The van der Waals surface area contributed by atoms with Crippen LogP contribution in [-0.2, 0) is 6.42 Å². The first-order chi connectivity index (χ1) is 5.24. The molecular formula is C9H7FO. The molecule has 11 heavy (non-hydrogen) atoms. The molecule has 1 aromatic rings. The van der Waals surface area contributed by atoms with Crippen LogP contribution in [0.4, 0.5) is 4.39 Å². The summed E-state index contributed by atoms with van der Waals surface area (Å²) in [6, 6.07) is 3.71. The maximum absolute atomic E-state index is 12.5. The second kappa shape index (κ2) is 3.07. The number of phenolic OH excluding ortho intramolecular Hbond substituents is 1. The van der Waals surface area contributed by atoms with E-state index in [9.17, 15) is 4.39 Å². The van der Waals surface area contributed by atoms with Gasteiger partial charge in [-0.1, -0.05) is 0 Å². The Morgan fingerprint density at radius 1 is 1.55 bits per heavy atom. The van der Waals surface area contributed by atoms with Crippen LogP contribution in [0.1, 0.15) is 5.56 Å². The summed E-state index contributed by atoms with van der Waals surface area (Å²) in [4.78, 5) is 0. The van der Waals surface area contributed by atoms with Crippen molar-refractivity contribution >= 4 is 0 Å². The predicted octanol–water partition coefficient (Wildman–Crippen LogP) is 1.71. The highest BCUT2D eigenvalue weighted by molar-refractivity contribution is 5.34. The van der Waals surface area contributed by atoms with Gasteiger partial charge in [0.15, 0.2) is 0 Å². The third-order valence-electron chi connectivity index (χ3n) is 1.33. The van der Waals surface area contributed by atoms with Gasteiger partial charge in [-0.2, -0.15) is 0 Å². The molecule has 0 unspecified atom stereocenters. The molecular weight excluding hydrogens is 143 g/mol. The average Bonchev–Trinajstić information content (AvgIpc) is 1.98. The average molecular weight is 150 g/mol. The lowest BCUT2D eigenvalue weighted by molar-refractivity contribution is 0.467. The zero-order chi connectivity index (χ0) is 8.27. The van der Waals surface area contributed by atoms with Gasteiger partial charge in [0, 0.05) is 12.0 Å². The van der Waals surface area contributed by atoms with Crippen molar-refractivity contribution < 1.29 is 9.50 Å². The van der Waals surface area contributed by atoms with Crippen molar-refractivity contribution in [2.45, 2.75) is 6.42 Å². The summed E-state index contributed by atoms with van der Waals surface area (Å²) >= 11 is 0. The minimum absolute atomic E-state index is 0.0457. The lowest BCUT2D eigenvalue weighted by Crippen LogP contribution is -1.84. The van der Waals surface area contributed by atoms with E-state index < -0.39 is 0 Å². The molecule has 56 valence electrons. The van der Waals surface area contributed by atoms with Crippen molar-refractivity contribution in [2.24, 2.45) is 0 Å². The molecule has 1 rings (SSSR count). The van der Waals surface area contributed by atoms with Crippen molar-refractivity contribution in [1.29, 1.82) is 0 Å². The van der Waals surface area contributed by atoms with Gasteiger partial charge in [0.05, 0.1) is 0 Å². The Morgan fingerprint density at radius 2 is 2.27 bits per heavy atom. The second-order valence-corrected chi connectivity index (χ2v) is 2.15. The van der Waals surface area contributed by atoms with Crippen molar-refractivity contribution in [2.75, 3.05) is 0 Å². The van der Waals surface area contributed by atoms with Crippen LogP contribution in [0.25, 0.3) is 0 Å². The highest BCUT2D eigenvalue weighted by Gasteiger charge is 1.99. The zero-order valence-electron chi connectivity index (χ0n) is 5.84. The molecule has 0 saturated heterocycles. The van der Waals surface area contributed by atoms with Gasteiger partial charge < -0.3 is 5.11 Å². The van der Waals surface area contributed by atoms with E-state index in [2.05, 4.69) is 5.92 Å². The molecule has 0 atom stereocenters. The maximum Gasteiger partial charge on any atom is 0.123 e. The molecule has 0 radical (unpaired) electrons. The summed E-state index contributed by atoms with van der Waals surface area (Å²) in [5.74, 6) is 1.99. The fourth-order valence-electron chi connectivity index (χ4n) is 0.806. The Labute approximate surface area is 64.5 Å². The van der Waals surface area contributed by atoms with Gasteiger partial charge in [0.25, 0.3) is 0 Å². The van der Waals surface area contributed by atoms with E-state index in [0.29, 0.717) is 5.56 Å². The first-order valence-electron chi connectivity index (χ1n) is 3.15. The first kappa shape index (κ1) is 7.62. The third kappa shape index (κ3) is 1.71. The molecule has 0 aromatic heterocycles. The minimum atomic E-state index is -0.381. The van der Waals surface area contributed by atoms with E-state index in [0.717, 1.165) is 0 Å². The van der Waals surface area contributed by atoms with Crippen LogP contribution in [0.3, 0.4) is 0 Å². The Hall–Kier alpha value is -1.49. The van der Waals surface area contributed by atoms with E-state index in [1.165, 1.54) is 18.2 Å². The number of terminal acetylenes is 1. The van der Waals surface area contributed by atoms with E-state index in [4.69, 9.17) is 11.5 Å². The van der Waals surface area contributed by atoms with Crippen LogP contribution in [0.5, 0.6) is 5.75 Å². The van der Waals surface area contributed by atoms with Crippen LogP contribution < -0.4 is 0 Å². The monoisotopic (exact) mass is 150 g/mol. The lowest BCUT2D eigenvalue weighted by atomic mass is 10.1. The lowest BCUT2D eigenvalue weighted by Gasteiger charge is -1.98. The molecule has 2 heteroatoms. The van der Waals surface area contributed by atoms with Crippen molar-refractivity contribution in [1.82, 2.24) is 0 Å². The molecule has 0 bridgehead atoms. The summed E-state index contributed by atoms with van der Waals surface area (Å²) in [5, 5.41) is 9.10. The SMILES string of the molecule is C#CCc1cc(F)ccc1O. The Kier molecular flexibility index (Phi) is 2.12. The summed E-state index contributed by atoms with van der Waals surface area (Å²) in [6.07, 6.45) is 5.25. The van der Waals surface area contributed by atoms with Crippen LogP contribution in [-0.4, -0.2) is 5.11 Å². The summed E-state index contributed by atoms with van der Waals surface area (Å²) < 4.78 is 12.5. The number of halogens is 1. The number of aromatic hydroxyl groups is 1. The van der Waals surface area contributed by atoms with Gasteiger partial charge in [0.2, 0.25) is 0 Å². The van der Waals surface area contributed by atoms with Gasteiger partial charge in [-0.25, -0.2) is 4.39 Å². The molecule has 1 nitrogen and oxygen atoms in total. The quantitative estimate of drug-likeness (QED) is 0.604. The van der Waals surface area contributed by atoms with E-state index in [1.54, 1.807) is 0 Å². The molecule has 0 aliphatic heterocycles. The second-order valence-electron chi connectivity index (χ2n) is 2.15. The first-order valence-corrected chi connectivity index (χ1v) is 3.15. The zero-order valence-corrected chi connectivity index (χ0v) is 5.84. The smallest absolute Gasteiger partial charge is 0.123 e. The molecule has 0 heterocycles. The normalized spacial score (nSPS) is 9.09. The van der Waals surface area contributed by atoms with Crippen molar-refractivity contribution in [3.8, 4) is 18.1 Å². The summed E-state index contributed by atoms with van der Waals surface area (Å²) in [6.45, 7) is 0. The van der Waals surface area contributed by atoms with Crippen molar-refractivity contribution in [3.63, 3.8) is 0 Å². The van der Waals surface area contributed by atoms with Gasteiger partial charge >= 0.3 is 0 Å². The highest BCUT2D eigenvalue weighted by atomic mass is 19.1. The van der Waals surface area contributed by atoms with Gasteiger partial charge in [-0.15, -0.1) is 12.3 Å². The number of hydrogen-bond acceptors (Lipinski definition) is 1. The van der Waals surface area contributed by atoms with Gasteiger partial charge in [-0.3, -0.25) is 0 Å². The van der Waals surface area contributed by atoms with E-state index in [-0.39, 0.29) is 18.0 Å². The molecule has 1 N–H and O–H groups in total. The number of benzene rings is 1. The topological polar surface area (TPSA) is 20.2 Å². The Morgan fingerprint density at radius 3 is 2.91 bits per heavy atom.